The largest absolute Gasteiger partial charge is 0.476 e. The topological polar surface area (TPSA) is 143 Å². The quantitative estimate of drug-likeness (QED) is 0.458. The predicted octanol–water partition coefficient (Wildman–Crippen LogP) is 2.67. The van der Waals surface area contributed by atoms with Gasteiger partial charge in [-0.1, -0.05) is 6.58 Å². The summed E-state index contributed by atoms with van der Waals surface area (Å²) >= 11 is 0. The highest BCUT2D eigenvalue weighted by atomic mass is 32.2. The Morgan fingerprint density at radius 2 is 2.02 bits per heavy atom. The van der Waals surface area contributed by atoms with E-state index in [1.807, 2.05) is 6.07 Å². The number of fused-ring (bicyclic) bond motifs is 2. The molecule has 0 radical (unpaired) electrons. The van der Waals surface area contributed by atoms with Gasteiger partial charge < -0.3 is 24.3 Å². The van der Waals surface area contributed by atoms with Crippen LogP contribution in [0, 0.1) is 16.1 Å². The Morgan fingerprint density at radius 1 is 1.18 bits per heavy atom. The van der Waals surface area contributed by atoms with E-state index in [1.54, 1.807) is 0 Å². The van der Waals surface area contributed by atoms with E-state index in [0.717, 1.165) is 36.3 Å². The van der Waals surface area contributed by atoms with Crippen LogP contribution in [0.2, 0.25) is 0 Å². The third-order valence-corrected chi connectivity index (χ3v) is 11.1. The smallest absolute Gasteiger partial charge is 0.282 e. The molecule has 4 aliphatic rings. The number of aromatic nitrogens is 3. The van der Waals surface area contributed by atoms with Gasteiger partial charge in [0, 0.05) is 56.1 Å². The Hall–Kier alpha value is -3.83. The normalized spacial score (nSPS) is 25.2. The highest BCUT2D eigenvalue weighted by Crippen LogP contribution is 2.37. The number of rotatable bonds is 7. The lowest BCUT2D eigenvalue weighted by molar-refractivity contribution is -0.131. The Balaban J connectivity index is 1.34. The number of piperazine rings is 1. The van der Waals surface area contributed by atoms with Crippen LogP contribution >= 0.6 is 0 Å². The van der Waals surface area contributed by atoms with Crippen molar-refractivity contribution in [2.24, 2.45) is 0 Å². The van der Waals surface area contributed by atoms with E-state index in [-0.39, 0.29) is 13.0 Å². The SMILES string of the molecule is C=C(F)C(=O)N1CCN(c2nc(OC[C@@H]3CCCN3C)cc3c2CCN(c2ncnc4c2S(=N)(=O)CCC4)C3)C[C@@H]1CC#N. The van der Waals surface area contributed by atoms with Gasteiger partial charge in [0.1, 0.15) is 29.5 Å². The molecule has 14 heteroatoms. The number of likely N-dealkylation sites (tertiary alicyclic amines) is 1. The first-order valence-corrected chi connectivity index (χ1v) is 16.9. The molecule has 0 saturated carbocycles. The van der Waals surface area contributed by atoms with E-state index in [2.05, 4.69) is 44.4 Å². The number of likely N-dealkylation sites (N-methyl/N-ethyl adjacent to an activating group) is 1. The van der Waals surface area contributed by atoms with Crippen LogP contribution in [-0.4, -0.2) is 99.1 Å². The summed E-state index contributed by atoms with van der Waals surface area (Å²) in [6.07, 6.45) is 5.70. The fraction of sp³-hybridized carbons (Fsp3) is 0.567. The van der Waals surface area contributed by atoms with Gasteiger partial charge in [0.05, 0.1) is 34.0 Å². The predicted molar refractivity (Wildman–Crippen MR) is 163 cm³/mol. The number of hydrogen-bond donors (Lipinski definition) is 1. The molecule has 0 aliphatic carbocycles. The lowest BCUT2D eigenvalue weighted by Gasteiger charge is -2.42. The lowest BCUT2D eigenvalue weighted by atomic mass is 9.99. The molecular weight excluding hydrogens is 585 g/mol. The van der Waals surface area contributed by atoms with Crippen LogP contribution in [-0.2, 0) is 33.9 Å². The number of carbonyl (C=O) groups is 1. The summed E-state index contributed by atoms with van der Waals surface area (Å²) < 4.78 is 42.0. The number of hydrogen-bond acceptors (Lipinski definition) is 11. The van der Waals surface area contributed by atoms with Crippen LogP contribution < -0.4 is 14.5 Å². The molecule has 1 N–H and O–H groups in total. The fourth-order valence-corrected chi connectivity index (χ4v) is 8.62. The summed E-state index contributed by atoms with van der Waals surface area (Å²) in [6.45, 7) is 6.72. The number of amides is 1. The van der Waals surface area contributed by atoms with Crippen molar-refractivity contribution < 1.29 is 18.1 Å². The molecule has 44 heavy (non-hydrogen) atoms. The van der Waals surface area contributed by atoms with Crippen molar-refractivity contribution in [3.8, 4) is 11.9 Å². The van der Waals surface area contributed by atoms with Crippen LogP contribution in [0.1, 0.15) is 42.5 Å². The third kappa shape index (κ3) is 5.82. The Labute approximate surface area is 257 Å². The number of pyridine rings is 1. The van der Waals surface area contributed by atoms with Crippen LogP contribution in [0.4, 0.5) is 16.0 Å². The molecule has 6 rings (SSSR count). The number of nitrogens with zero attached hydrogens (tertiary/aromatic N) is 8. The van der Waals surface area contributed by atoms with Gasteiger partial charge in [-0.05, 0) is 51.3 Å². The molecule has 2 aromatic rings. The minimum absolute atomic E-state index is 0.0565. The second kappa shape index (κ2) is 12.3. The maximum atomic E-state index is 13.8. The number of ether oxygens (including phenoxy) is 1. The molecule has 0 bridgehead atoms. The van der Waals surface area contributed by atoms with Crippen molar-refractivity contribution in [3.05, 3.63) is 41.6 Å². The first-order chi connectivity index (χ1) is 21.2. The average Bonchev–Trinajstić information content (AvgIpc) is 3.43. The van der Waals surface area contributed by atoms with Crippen LogP contribution in [0.25, 0.3) is 0 Å². The van der Waals surface area contributed by atoms with Crippen LogP contribution in [0.15, 0.2) is 29.7 Å². The van der Waals surface area contributed by atoms with Gasteiger partial charge in [0.2, 0.25) is 5.88 Å². The van der Waals surface area contributed by atoms with E-state index in [1.165, 1.54) is 11.2 Å². The second-order valence-electron chi connectivity index (χ2n) is 12.0. The van der Waals surface area contributed by atoms with Crippen molar-refractivity contribution in [1.82, 2.24) is 24.8 Å². The van der Waals surface area contributed by atoms with E-state index in [0.29, 0.717) is 86.1 Å². The molecule has 1 amide bonds. The van der Waals surface area contributed by atoms with E-state index in [9.17, 15) is 18.7 Å². The number of halogens is 1. The maximum Gasteiger partial charge on any atom is 0.282 e. The zero-order valence-electron chi connectivity index (χ0n) is 25.0. The highest BCUT2D eigenvalue weighted by molar-refractivity contribution is 7.92. The number of anilines is 2. The number of nitrogens with one attached hydrogen (secondary N) is 1. The Kier molecular flexibility index (Phi) is 8.43. The van der Waals surface area contributed by atoms with Crippen molar-refractivity contribution in [2.75, 3.05) is 61.9 Å². The van der Waals surface area contributed by atoms with Gasteiger partial charge in [-0.15, -0.1) is 0 Å². The number of carbonyl (C=O) groups excluding carboxylic acids is 1. The average molecular weight is 624 g/mol. The highest BCUT2D eigenvalue weighted by Gasteiger charge is 2.36. The molecule has 0 aromatic carbocycles. The molecule has 12 nitrogen and oxygen atoms in total. The van der Waals surface area contributed by atoms with E-state index in [4.69, 9.17) is 14.5 Å². The van der Waals surface area contributed by atoms with Gasteiger partial charge in [-0.3, -0.25) is 4.79 Å². The number of aryl methyl sites for hydroxylation is 1. The zero-order chi connectivity index (χ0) is 31.0. The van der Waals surface area contributed by atoms with Crippen molar-refractivity contribution in [2.45, 2.75) is 62.0 Å². The number of nitriles is 1. The molecule has 4 aliphatic heterocycles. The van der Waals surface area contributed by atoms with Crippen LogP contribution in [0.5, 0.6) is 5.88 Å². The molecule has 2 aromatic heterocycles. The molecule has 0 spiro atoms. The Morgan fingerprint density at radius 3 is 2.77 bits per heavy atom. The molecule has 234 valence electrons. The second-order valence-corrected chi connectivity index (χ2v) is 14.2. The summed E-state index contributed by atoms with van der Waals surface area (Å²) in [5, 5.41) is 9.49. The van der Waals surface area contributed by atoms with Gasteiger partial charge in [-0.2, -0.15) is 10.2 Å². The molecule has 2 saturated heterocycles. The fourth-order valence-electron chi connectivity index (χ4n) is 6.85. The summed E-state index contributed by atoms with van der Waals surface area (Å²) in [5.74, 6) is 0.268. The van der Waals surface area contributed by atoms with E-state index < -0.39 is 27.5 Å². The Bertz CT molecular complexity index is 1610. The van der Waals surface area contributed by atoms with Gasteiger partial charge in [0.25, 0.3) is 5.91 Å². The minimum Gasteiger partial charge on any atom is -0.476 e. The third-order valence-electron chi connectivity index (χ3n) is 9.19. The van der Waals surface area contributed by atoms with Crippen LogP contribution in [0.3, 0.4) is 0 Å². The van der Waals surface area contributed by atoms with Crippen molar-refractivity contribution >= 4 is 27.3 Å². The summed E-state index contributed by atoms with van der Waals surface area (Å²) in [6, 6.07) is 3.89. The van der Waals surface area contributed by atoms with E-state index >= 15 is 0 Å². The molecular formula is C30H38FN9O3S. The molecule has 1 unspecified atom stereocenters. The first kappa shape index (κ1) is 30.2. The first-order valence-electron chi connectivity index (χ1n) is 15.1. The molecule has 2 fully saturated rings. The summed E-state index contributed by atoms with van der Waals surface area (Å²) in [5.41, 5.74) is 2.72. The van der Waals surface area contributed by atoms with Gasteiger partial charge >= 0.3 is 0 Å². The zero-order valence-corrected chi connectivity index (χ0v) is 25.8. The van der Waals surface area contributed by atoms with Crippen molar-refractivity contribution in [3.63, 3.8) is 0 Å². The molecule has 6 heterocycles. The summed E-state index contributed by atoms with van der Waals surface area (Å²) in [7, 11) is -0.898. The summed E-state index contributed by atoms with van der Waals surface area (Å²) in [4.78, 5) is 34.7. The van der Waals surface area contributed by atoms with Gasteiger partial charge in [0.15, 0.2) is 5.83 Å². The minimum atomic E-state index is -2.99. The van der Waals surface area contributed by atoms with Gasteiger partial charge in [-0.25, -0.2) is 23.3 Å². The lowest BCUT2D eigenvalue weighted by Crippen LogP contribution is -2.55. The maximum absolute atomic E-state index is 13.8. The molecule has 3 atom stereocenters. The van der Waals surface area contributed by atoms with Crippen molar-refractivity contribution in [1.29, 1.82) is 10.0 Å². The standard InChI is InChI=1S/C30H38FN9O3S/c1-20(31)30(41)40-13-12-39(17-22(40)7-9-32)28-24-8-11-38(29-27-25(34-19-35-29)6-4-14-44(27,33)42)16-21(24)15-26(36-28)43-18-23-5-3-10-37(23)2/h15,19,22-23,33H,1,3-8,10-14,16-18H2,2H3/t22-,23-,44?/m0/s1. The monoisotopic (exact) mass is 623 g/mol.